The van der Waals surface area contributed by atoms with Crippen LogP contribution in [0.4, 0.5) is 10.2 Å². The van der Waals surface area contributed by atoms with E-state index in [1.807, 2.05) is 12.1 Å². The van der Waals surface area contributed by atoms with Gasteiger partial charge in [0.05, 0.1) is 34.3 Å². The molecule has 0 spiro atoms. The van der Waals surface area contributed by atoms with Crippen LogP contribution in [-0.4, -0.2) is 51.2 Å². The Kier molecular flexibility index (Phi) is 6.05. The third-order valence-electron chi connectivity index (χ3n) is 7.44. The monoisotopic (exact) mass is 518 g/mol. The predicted molar refractivity (Wildman–Crippen MR) is 144 cm³/mol. The van der Waals surface area contributed by atoms with Crippen LogP contribution in [0.5, 0.6) is 0 Å². The van der Waals surface area contributed by atoms with E-state index in [2.05, 4.69) is 38.0 Å². The first-order valence-corrected chi connectivity index (χ1v) is 12.6. The number of fused-ring (bicyclic) bond motifs is 3. The number of rotatable bonds is 4. The van der Waals surface area contributed by atoms with Crippen molar-refractivity contribution < 1.29 is 9.18 Å². The lowest BCUT2D eigenvalue weighted by molar-refractivity contribution is 0.0720. The summed E-state index contributed by atoms with van der Waals surface area (Å²) in [6.45, 7) is 2.82. The summed E-state index contributed by atoms with van der Waals surface area (Å²) in [5.74, 6) is 5.71. The van der Waals surface area contributed by atoms with Crippen LogP contribution >= 0.6 is 0 Å². The molecule has 4 heterocycles. The van der Waals surface area contributed by atoms with Gasteiger partial charge in [-0.1, -0.05) is 12.0 Å². The molecule has 39 heavy (non-hydrogen) atoms. The Hall–Kier alpha value is -5.02. The zero-order valence-corrected chi connectivity index (χ0v) is 21.1. The Morgan fingerprint density at radius 2 is 1.95 bits per heavy atom. The minimum absolute atomic E-state index is 0.0226. The molecule has 8 nitrogen and oxygen atoms in total. The largest absolute Gasteiger partial charge is 0.350 e. The lowest BCUT2D eigenvalue weighted by atomic mass is 10.0. The van der Waals surface area contributed by atoms with E-state index in [0.29, 0.717) is 47.1 Å². The number of amides is 1. The standard InChI is InChI=1S/C30H23FN6O2/c1-2-3-18-4-7-23-24(10-18)27(34-35-29(23)38)12-19-5-8-26(31)25(11-19)30(39)37-17-21-13-22(37)16-36(21)28-9-6-20(14-32)15-33-28/h4-11,15,21-22H,12-13,16-17H2,1H3,(H,35,38)/t21-,22-/m0/s1. The highest BCUT2D eigenvalue weighted by Gasteiger charge is 2.46. The zero-order chi connectivity index (χ0) is 27.1. The maximum Gasteiger partial charge on any atom is 0.272 e. The van der Waals surface area contributed by atoms with Crippen LogP contribution < -0.4 is 10.5 Å². The second-order valence-corrected chi connectivity index (χ2v) is 9.80. The Labute approximate surface area is 223 Å². The maximum absolute atomic E-state index is 14.9. The number of hydrogen-bond acceptors (Lipinski definition) is 6. The average molecular weight is 519 g/mol. The van der Waals surface area contributed by atoms with Crippen LogP contribution in [-0.2, 0) is 6.42 Å². The summed E-state index contributed by atoms with van der Waals surface area (Å²) < 4.78 is 14.9. The molecule has 192 valence electrons. The lowest BCUT2D eigenvalue weighted by Gasteiger charge is -2.35. The highest BCUT2D eigenvalue weighted by atomic mass is 19.1. The number of anilines is 1. The molecule has 9 heteroatoms. The molecular weight excluding hydrogens is 495 g/mol. The summed E-state index contributed by atoms with van der Waals surface area (Å²) in [7, 11) is 0. The van der Waals surface area contributed by atoms with E-state index in [9.17, 15) is 14.0 Å². The molecule has 2 fully saturated rings. The molecular formula is C30H23FN6O2. The summed E-state index contributed by atoms with van der Waals surface area (Å²) in [6.07, 6.45) is 2.63. The molecule has 2 aromatic heterocycles. The van der Waals surface area contributed by atoms with E-state index in [0.717, 1.165) is 17.8 Å². The summed E-state index contributed by atoms with van der Waals surface area (Å²) >= 11 is 0. The van der Waals surface area contributed by atoms with Crippen molar-refractivity contribution in [1.29, 1.82) is 5.26 Å². The molecule has 2 saturated heterocycles. The van der Waals surface area contributed by atoms with Gasteiger partial charge in [0.2, 0.25) is 0 Å². The van der Waals surface area contributed by atoms with Gasteiger partial charge in [0.1, 0.15) is 17.7 Å². The Morgan fingerprint density at radius 3 is 2.67 bits per heavy atom. The van der Waals surface area contributed by atoms with Gasteiger partial charge in [-0.25, -0.2) is 14.5 Å². The number of nitrogens with zero attached hydrogens (tertiary/aromatic N) is 5. The molecule has 1 N–H and O–H groups in total. The minimum Gasteiger partial charge on any atom is -0.350 e. The van der Waals surface area contributed by atoms with Crippen molar-refractivity contribution in [1.82, 2.24) is 20.1 Å². The fourth-order valence-electron chi connectivity index (χ4n) is 5.59. The first-order chi connectivity index (χ1) is 18.9. The molecule has 1 amide bonds. The third kappa shape index (κ3) is 4.38. The molecule has 2 aromatic carbocycles. The molecule has 4 aromatic rings. The topological polar surface area (TPSA) is 106 Å². The minimum atomic E-state index is -0.572. The van der Waals surface area contributed by atoms with Gasteiger partial charge >= 0.3 is 0 Å². The number of nitriles is 1. The van der Waals surface area contributed by atoms with Gasteiger partial charge in [0.15, 0.2) is 0 Å². The summed E-state index contributed by atoms with van der Waals surface area (Å²) in [6, 6.07) is 15.5. The number of hydrogen-bond donors (Lipinski definition) is 1. The SMILES string of the molecule is CC#Cc1ccc2c(=O)[nH]nc(Cc3ccc(F)c(C(=O)N4C[C@@H]5C[C@H]4CN5c4ccc(C#N)cn4)c3)c2c1. The van der Waals surface area contributed by atoms with E-state index >= 15 is 0 Å². The van der Waals surface area contributed by atoms with E-state index < -0.39 is 5.82 Å². The number of pyridine rings is 1. The first-order valence-electron chi connectivity index (χ1n) is 12.6. The van der Waals surface area contributed by atoms with E-state index in [1.165, 1.54) is 6.07 Å². The molecule has 0 saturated carbocycles. The number of benzene rings is 2. The number of nitrogens with one attached hydrogen (secondary N) is 1. The van der Waals surface area contributed by atoms with Crippen molar-refractivity contribution in [3.05, 3.63) is 98.8 Å². The molecule has 2 aliphatic rings. The van der Waals surface area contributed by atoms with Gasteiger partial charge in [-0.15, -0.1) is 5.92 Å². The average Bonchev–Trinajstić information content (AvgIpc) is 3.57. The number of likely N-dealkylation sites (tertiary alicyclic amines) is 1. The quantitative estimate of drug-likeness (QED) is 0.415. The first kappa shape index (κ1) is 24.3. The normalized spacial score (nSPS) is 17.7. The number of carbonyl (C=O) groups is 1. The van der Waals surface area contributed by atoms with Gasteiger partial charge in [-0.3, -0.25) is 9.59 Å². The maximum atomic E-state index is 14.9. The van der Waals surface area contributed by atoms with Gasteiger partial charge < -0.3 is 9.80 Å². The van der Waals surface area contributed by atoms with E-state index in [4.69, 9.17) is 5.26 Å². The summed E-state index contributed by atoms with van der Waals surface area (Å²) in [5.41, 5.74) is 2.31. The van der Waals surface area contributed by atoms with Crippen molar-refractivity contribution in [3.8, 4) is 17.9 Å². The number of carbonyl (C=O) groups excluding carboxylic acids is 1. The molecule has 2 atom stereocenters. The van der Waals surface area contributed by atoms with E-state index in [1.54, 1.807) is 48.4 Å². The zero-order valence-electron chi connectivity index (χ0n) is 21.1. The number of aromatic nitrogens is 3. The third-order valence-corrected chi connectivity index (χ3v) is 7.44. The Bertz CT molecular complexity index is 1780. The highest BCUT2D eigenvalue weighted by Crippen LogP contribution is 2.35. The number of aromatic amines is 1. The van der Waals surface area contributed by atoms with Crippen LogP contribution in [0.2, 0.25) is 0 Å². The molecule has 2 aliphatic heterocycles. The fraction of sp³-hybridized carbons (Fsp3) is 0.233. The van der Waals surface area contributed by atoms with Gasteiger partial charge in [-0.2, -0.15) is 10.4 Å². The molecule has 2 bridgehead atoms. The predicted octanol–water partition coefficient (Wildman–Crippen LogP) is 3.39. The second-order valence-electron chi connectivity index (χ2n) is 9.80. The lowest BCUT2D eigenvalue weighted by Crippen LogP contribution is -2.49. The van der Waals surface area contributed by atoms with Gasteiger partial charge in [0, 0.05) is 36.7 Å². The van der Waals surface area contributed by atoms with Crippen LogP contribution in [0, 0.1) is 29.0 Å². The van der Waals surface area contributed by atoms with Crippen molar-refractivity contribution >= 4 is 22.5 Å². The molecule has 0 aliphatic carbocycles. The smallest absolute Gasteiger partial charge is 0.272 e. The summed E-state index contributed by atoms with van der Waals surface area (Å²) in [5, 5.41) is 17.0. The van der Waals surface area contributed by atoms with Crippen LogP contribution in [0.3, 0.4) is 0 Å². The Balaban J connectivity index is 1.24. The van der Waals surface area contributed by atoms with Crippen molar-refractivity contribution in [3.63, 3.8) is 0 Å². The number of piperazine rings is 1. The molecule has 6 rings (SSSR count). The van der Waals surface area contributed by atoms with Crippen molar-refractivity contribution in [2.75, 3.05) is 18.0 Å². The molecule has 0 unspecified atom stereocenters. The van der Waals surface area contributed by atoms with Crippen molar-refractivity contribution in [2.24, 2.45) is 0 Å². The van der Waals surface area contributed by atoms with E-state index in [-0.39, 0.29) is 29.1 Å². The second kappa shape index (κ2) is 9.70. The van der Waals surface area contributed by atoms with Crippen molar-refractivity contribution in [2.45, 2.75) is 31.8 Å². The van der Waals surface area contributed by atoms with Crippen LogP contribution in [0.25, 0.3) is 10.8 Å². The highest BCUT2D eigenvalue weighted by molar-refractivity contribution is 5.95. The van der Waals surface area contributed by atoms with Crippen LogP contribution in [0.1, 0.15) is 46.1 Å². The number of halogens is 1. The fourth-order valence-corrected chi connectivity index (χ4v) is 5.59. The Morgan fingerprint density at radius 1 is 1.10 bits per heavy atom. The van der Waals surface area contributed by atoms with Crippen LogP contribution in [0.15, 0.2) is 59.5 Å². The molecule has 0 radical (unpaired) electrons. The van der Waals surface area contributed by atoms with Gasteiger partial charge in [0.25, 0.3) is 11.5 Å². The summed E-state index contributed by atoms with van der Waals surface area (Å²) in [4.78, 5) is 34.1. The number of H-pyrrole nitrogens is 1. The van der Waals surface area contributed by atoms with Gasteiger partial charge in [-0.05, 0) is 61.4 Å².